The Kier molecular flexibility index (Phi) is 4.40. The van der Waals surface area contributed by atoms with Crippen molar-refractivity contribution in [3.63, 3.8) is 0 Å². The SMILES string of the molecule is Cc1ccccc1-c1cccc(-c2cccc3c2c2ccccc2n3-c2ccccc2)c1. The summed E-state index contributed by atoms with van der Waals surface area (Å²) in [6, 6.07) is 43.5. The Morgan fingerprint density at radius 3 is 1.97 bits per heavy atom. The van der Waals surface area contributed by atoms with Crippen molar-refractivity contribution in [2.75, 3.05) is 0 Å². The third kappa shape index (κ3) is 2.94. The van der Waals surface area contributed by atoms with Crippen LogP contribution < -0.4 is 0 Å². The molecular formula is C31H23N. The van der Waals surface area contributed by atoms with Gasteiger partial charge in [-0.25, -0.2) is 0 Å². The first kappa shape index (κ1) is 18.7. The van der Waals surface area contributed by atoms with Crippen LogP contribution in [0.3, 0.4) is 0 Å². The van der Waals surface area contributed by atoms with Gasteiger partial charge in [0.2, 0.25) is 0 Å². The maximum Gasteiger partial charge on any atom is 0.0547 e. The molecule has 32 heavy (non-hydrogen) atoms. The normalized spacial score (nSPS) is 11.3. The highest BCUT2D eigenvalue weighted by atomic mass is 15.0. The van der Waals surface area contributed by atoms with Crippen LogP contribution in [-0.4, -0.2) is 4.57 Å². The molecule has 152 valence electrons. The van der Waals surface area contributed by atoms with E-state index < -0.39 is 0 Å². The van der Waals surface area contributed by atoms with Crippen molar-refractivity contribution in [3.05, 3.63) is 127 Å². The molecule has 0 aliphatic heterocycles. The van der Waals surface area contributed by atoms with Crippen LogP contribution >= 0.6 is 0 Å². The molecule has 0 fully saturated rings. The summed E-state index contributed by atoms with van der Waals surface area (Å²) in [5, 5.41) is 2.58. The van der Waals surface area contributed by atoms with Crippen molar-refractivity contribution >= 4 is 21.8 Å². The van der Waals surface area contributed by atoms with Crippen molar-refractivity contribution in [1.82, 2.24) is 4.57 Å². The Bertz CT molecular complexity index is 1570. The number of nitrogens with zero attached hydrogens (tertiary/aromatic N) is 1. The van der Waals surface area contributed by atoms with E-state index in [0.717, 1.165) is 0 Å². The summed E-state index contributed by atoms with van der Waals surface area (Å²) in [7, 11) is 0. The number of hydrogen-bond donors (Lipinski definition) is 0. The van der Waals surface area contributed by atoms with E-state index in [1.807, 2.05) is 0 Å². The Morgan fingerprint density at radius 2 is 1.12 bits per heavy atom. The van der Waals surface area contributed by atoms with Crippen LogP contribution in [-0.2, 0) is 0 Å². The van der Waals surface area contributed by atoms with Gasteiger partial charge in [0.1, 0.15) is 0 Å². The monoisotopic (exact) mass is 409 g/mol. The molecule has 6 aromatic rings. The fraction of sp³-hybridized carbons (Fsp3) is 0.0323. The summed E-state index contributed by atoms with van der Waals surface area (Å²) in [6.07, 6.45) is 0. The van der Waals surface area contributed by atoms with Crippen molar-refractivity contribution in [1.29, 1.82) is 0 Å². The van der Waals surface area contributed by atoms with Gasteiger partial charge in [-0.05, 0) is 65.1 Å². The second-order valence-electron chi connectivity index (χ2n) is 8.28. The Balaban J connectivity index is 1.65. The molecule has 1 aromatic heterocycles. The molecule has 0 spiro atoms. The van der Waals surface area contributed by atoms with Gasteiger partial charge in [-0.3, -0.25) is 0 Å². The number of benzene rings is 5. The lowest BCUT2D eigenvalue weighted by molar-refractivity contribution is 1.18. The van der Waals surface area contributed by atoms with E-state index in [0.29, 0.717) is 0 Å². The molecular weight excluding hydrogens is 386 g/mol. The minimum absolute atomic E-state index is 1.18. The smallest absolute Gasteiger partial charge is 0.0547 e. The highest BCUT2D eigenvalue weighted by molar-refractivity contribution is 6.15. The Labute approximate surface area is 188 Å². The second-order valence-corrected chi connectivity index (χ2v) is 8.28. The zero-order valence-corrected chi connectivity index (χ0v) is 18.0. The predicted molar refractivity (Wildman–Crippen MR) is 136 cm³/mol. The molecule has 0 N–H and O–H groups in total. The third-order valence-electron chi connectivity index (χ3n) is 6.34. The van der Waals surface area contributed by atoms with Gasteiger partial charge in [-0.1, -0.05) is 91.0 Å². The van der Waals surface area contributed by atoms with Gasteiger partial charge in [0.05, 0.1) is 11.0 Å². The molecule has 5 aromatic carbocycles. The van der Waals surface area contributed by atoms with Gasteiger partial charge in [-0.2, -0.15) is 0 Å². The molecule has 0 saturated heterocycles. The highest BCUT2D eigenvalue weighted by Gasteiger charge is 2.16. The molecule has 0 unspecified atom stereocenters. The molecule has 0 amide bonds. The largest absolute Gasteiger partial charge is 0.309 e. The second kappa shape index (κ2) is 7.55. The minimum atomic E-state index is 1.18. The van der Waals surface area contributed by atoms with Gasteiger partial charge in [0.25, 0.3) is 0 Å². The van der Waals surface area contributed by atoms with E-state index in [1.165, 1.54) is 55.3 Å². The lowest BCUT2D eigenvalue weighted by Crippen LogP contribution is -1.92. The summed E-state index contributed by atoms with van der Waals surface area (Å²) in [4.78, 5) is 0. The lowest BCUT2D eigenvalue weighted by atomic mass is 9.94. The average Bonchev–Trinajstić information content (AvgIpc) is 3.19. The van der Waals surface area contributed by atoms with Gasteiger partial charge >= 0.3 is 0 Å². The summed E-state index contributed by atoms with van der Waals surface area (Å²) >= 11 is 0. The molecule has 0 saturated carbocycles. The van der Waals surface area contributed by atoms with E-state index in [9.17, 15) is 0 Å². The standard InChI is InChI=1S/C31H23N/c1-22-11-5-6-16-26(22)23-12-9-13-24(21-23)27-18-10-20-30-31(27)28-17-7-8-19-29(28)32(30)25-14-3-2-4-15-25/h2-21H,1H3. The molecule has 1 heterocycles. The van der Waals surface area contributed by atoms with E-state index >= 15 is 0 Å². The fourth-order valence-electron chi connectivity index (χ4n) is 4.87. The summed E-state index contributed by atoms with van der Waals surface area (Å²) in [6.45, 7) is 2.18. The van der Waals surface area contributed by atoms with E-state index in [4.69, 9.17) is 0 Å². The highest BCUT2D eigenvalue weighted by Crippen LogP contribution is 2.39. The number of rotatable bonds is 3. The minimum Gasteiger partial charge on any atom is -0.309 e. The van der Waals surface area contributed by atoms with Gasteiger partial charge in [0.15, 0.2) is 0 Å². The van der Waals surface area contributed by atoms with E-state index in [2.05, 4.69) is 133 Å². The van der Waals surface area contributed by atoms with Crippen LogP contribution in [0, 0.1) is 6.92 Å². The topological polar surface area (TPSA) is 4.93 Å². The van der Waals surface area contributed by atoms with Crippen molar-refractivity contribution in [2.45, 2.75) is 6.92 Å². The molecule has 0 atom stereocenters. The van der Waals surface area contributed by atoms with Crippen LogP contribution in [0.15, 0.2) is 121 Å². The predicted octanol–water partition coefficient (Wildman–Crippen LogP) is 8.43. The summed E-state index contributed by atoms with van der Waals surface area (Å²) < 4.78 is 2.37. The van der Waals surface area contributed by atoms with E-state index in [-0.39, 0.29) is 0 Å². The fourth-order valence-corrected chi connectivity index (χ4v) is 4.87. The summed E-state index contributed by atoms with van der Waals surface area (Å²) in [5.74, 6) is 0. The number of fused-ring (bicyclic) bond motifs is 3. The van der Waals surface area contributed by atoms with Crippen molar-refractivity contribution in [2.24, 2.45) is 0 Å². The summed E-state index contributed by atoms with van der Waals surface area (Å²) in [5.41, 5.74) is 9.99. The third-order valence-corrected chi connectivity index (χ3v) is 6.34. The molecule has 1 heteroatoms. The lowest BCUT2D eigenvalue weighted by Gasteiger charge is -2.11. The number of aryl methyl sites for hydroxylation is 1. The molecule has 6 rings (SSSR count). The van der Waals surface area contributed by atoms with Crippen LogP contribution in [0.4, 0.5) is 0 Å². The van der Waals surface area contributed by atoms with Crippen molar-refractivity contribution in [3.8, 4) is 27.9 Å². The number of aromatic nitrogens is 1. The Hall–Kier alpha value is -4.10. The van der Waals surface area contributed by atoms with Crippen LogP contribution in [0.1, 0.15) is 5.56 Å². The van der Waals surface area contributed by atoms with E-state index in [1.54, 1.807) is 0 Å². The van der Waals surface area contributed by atoms with Gasteiger partial charge < -0.3 is 4.57 Å². The maximum absolute atomic E-state index is 2.37. The van der Waals surface area contributed by atoms with Crippen LogP contribution in [0.25, 0.3) is 49.7 Å². The van der Waals surface area contributed by atoms with Crippen molar-refractivity contribution < 1.29 is 0 Å². The molecule has 0 aliphatic carbocycles. The Morgan fingerprint density at radius 1 is 0.500 bits per heavy atom. The van der Waals surface area contributed by atoms with Crippen LogP contribution in [0.5, 0.6) is 0 Å². The van der Waals surface area contributed by atoms with Gasteiger partial charge in [-0.15, -0.1) is 0 Å². The quantitative estimate of drug-likeness (QED) is 0.276. The maximum atomic E-state index is 2.37. The first-order valence-electron chi connectivity index (χ1n) is 11.1. The number of para-hydroxylation sites is 2. The molecule has 1 nitrogen and oxygen atoms in total. The first-order chi connectivity index (χ1) is 15.8. The van der Waals surface area contributed by atoms with Gasteiger partial charge in [0, 0.05) is 16.5 Å². The molecule has 0 radical (unpaired) electrons. The zero-order chi connectivity index (χ0) is 21.5. The number of hydrogen-bond acceptors (Lipinski definition) is 0. The zero-order valence-electron chi connectivity index (χ0n) is 18.0. The molecule has 0 aliphatic rings. The average molecular weight is 410 g/mol. The molecule has 0 bridgehead atoms. The first-order valence-corrected chi connectivity index (χ1v) is 11.1. The van der Waals surface area contributed by atoms with Crippen LogP contribution in [0.2, 0.25) is 0 Å².